The second-order valence-corrected chi connectivity index (χ2v) is 8.26. The number of anilines is 2. The van der Waals surface area contributed by atoms with Gasteiger partial charge in [-0.05, 0) is 48.1 Å². The number of benzene rings is 1. The first-order chi connectivity index (χ1) is 13.8. The topological polar surface area (TPSA) is 42.9 Å². The summed E-state index contributed by atoms with van der Waals surface area (Å²) in [5.74, 6) is 0.891. The van der Waals surface area contributed by atoms with Crippen molar-refractivity contribution < 1.29 is 0 Å². The summed E-state index contributed by atoms with van der Waals surface area (Å²) >= 11 is 1.83. The van der Waals surface area contributed by atoms with Gasteiger partial charge >= 0.3 is 0 Å². The first-order valence-corrected chi connectivity index (χ1v) is 10.9. The van der Waals surface area contributed by atoms with Crippen LogP contribution >= 0.6 is 11.3 Å². The predicted octanol–water partition coefficient (Wildman–Crippen LogP) is 3.46. The highest BCUT2D eigenvalue weighted by atomic mass is 32.1. The van der Waals surface area contributed by atoms with Crippen molar-refractivity contribution in [1.29, 1.82) is 0 Å². The van der Waals surface area contributed by atoms with Gasteiger partial charge in [0.25, 0.3) is 0 Å². The Balaban J connectivity index is 1.26. The standard InChI is InChI=1S/C22H29N5S/c1-23-22(25-19-9-13-27(14-10-19)21-8-5-15-28-21)24-17-18-6-4-7-20(16-18)26-11-2-3-12-26/h2-8,15-16,19H,9-14,17H2,1H3,(H2,23,24,25). The molecule has 2 aromatic rings. The number of rotatable bonds is 5. The fourth-order valence-electron chi connectivity index (χ4n) is 3.82. The minimum absolute atomic E-state index is 0.476. The van der Waals surface area contributed by atoms with E-state index in [1.807, 2.05) is 18.4 Å². The van der Waals surface area contributed by atoms with Crippen LogP contribution in [0.1, 0.15) is 18.4 Å². The van der Waals surface area contributed by atoms with Crippen molar-refractivity contribution in [3.8, 4) is 0 Å². The molecular formula is C22H29N5S. The maximum atomic E-state index is 4.43. The normalized spacial score (nSPS) is 18.0. The molecule has 0 saturated carbocycles. The van der Waals surface area contributed by atoms with E-state index >= 15 is 0 Å². The van der Waals surface area contributed by atoms with Gasteiger partial charge in [-0.1, -0.05) is 24.3 Å². The third-order valence-corrected chi connectivity index (χ3v) is 6.36. The summed E-state index contributed by atoms with van der Waals surface area (Å²) in [6.45, 7) is 4.99. The average Bonchev–Trinajstić information content (AvgIpc) is 3.46. The highest BCUT2D eigenvalue weighted by Crippen LogP contribution is 2.24. The molecule has 1 aromatic heterocycles. The van der Waals surface area contributed by atoms with E-state index in [0.29, 0.717) is 6.04 Å². The molecule has 1 aromatic carbocycles. The van der Waals surface area contributed by atoms with Crippen LogP contribution in [0.2, 0.25) is 0 Å². The first kappa shape index (κ1) is 18.9. The second-order valence-electron chi connectivity index (χ2n) is 7.33. The molecular weight excluding hydrogens is 366 g/mol. The Labute approximate surface area is 171 Å². The van der Waals surface area contributed by atoms with Crippen LogP contribution in [0.25, 0.3) is 0 Å². The van der Waals surface area contributed by atoms with Crippen LogP contribution in [0.5, 0.6) is 0 Å². The largest absolute Gasteiger partial charge is 0.364 e. The average molecular weight is 396 g/mol. The van der Waals surface area contributed by atoms with E-state index in [0.717, 1.165) is 51.5 Å². The second kappa shape index (κ2) is 9.15. The van der Waals surface area contributed by atoms with Crippen LogP contribution < -0.4 is 20.4 Å². The maximum absolute atomic E-state index is 4.43. The van der Waals surface area contributed by atoms with Crippen LogP contribution in [-0.4, -0.2) is 45.2 Å². The van der Waals surface area contributed by atoms with Gasteiger partial charge in [0.2, 0.25) is 0 Å². The molecule has 3 heterocycles. The Bertz CT molecular complexity index is 798. The molecule has 0 spiro atoms. The van der Waals surface area contributed by atoms with E-state index in [9.17, 15) is 0 Å². The molecule has 2 aliphatic rings. The Morgan fingerprint density at radius 1 is 1.11 bits per heavy atom. The molecule has 5 nitrogen and oxygen atoms in total. The molecule has 2 aliphatic heterocycles. The highest BCUT2D eigenvalue weighted by Gasteiger charge is 2.20. The number of thiophene rings is 1. The van der Waals surface area contributed by atoms with Crippen LogP contribution in [0.4, 0.5) is 10.7 Å². The van der Waals surface area contributed by atoms with Gasteiger partial charge in [0.15, 0.2) is 5.96 Å². The van der Waals surface area contributed by atoms with Crippen LogP contribution in [0, 0.1) is 0 Å². The SMILES string of the molecule is CN=C(NCc1cccc(N2CC=CC2)c1)NC1CCN(c2cccs2)CC1. The highest BCUT2D eigenvalue weighted by molar-refractivity contribution is 7.14. The zero-order chi connectivity index (χ0) is 19.2. The summed E-state index contributed by atoms with van der Waals surface area (Å²) < 4.78 is 0. The lowest BCUT2D eigenvalue weighted by molar-refractivity contribution is 0.463. The number of guanidine groups is 1. The van der Waals surface area contributed by atoms with E-state index in [1.54, 1.807) is 0 Å². The zero-order valence-corrected chi connectivity index (χ0v) is 17.3. The molecule has 1 fully saturated rings. The smallest absolute Gasteiger partial charge is 0.191 e. The molecule has 2 N–H and O–H groups in total. The van der Waals surface area contributed by atoms with Crippen molar-refractivity contribution in [3.63, 3.8) is 0 Å². The third-order valence-electron chi connectivity index (χ3n) is 5.43. The molecule has 0 unspecified atom stereocenters. The quantitative estimate of drug-likeness (QED) is 0.462. The Kier molecular flexibility index (Phi) is 6.17. The lowest BCUT2D eigenvalue weighted by Gasteiger charge is -2.33. The van der Waals surface area contributed by atoms with E-state index in [-0.39, 0.29) is 0 Å². The van der Waals surface area contributed by atoms with Gasteiger partial charge in [0, 0.05) is 51.5 Å². The molecule has 0 atom stereocenters. The summed E-state index contributed by atoms with van der Waals surface area (Å²) in [6, 6.07) is 13.6. The molecule has 0 aliphatic carbocycles. The first-order valence-electron chi connectivity index (χ1n) is 10.1. The third kappa shape index (κ3) is 4.68. The molecule has 6 heteroatoms. The van der Waals surface area contributed by atoms with Crippen molar-refractivity contribution in [2.45, 2.75) is 25.4 Å². The summed E-state index contributed by atoms with van der Waals surface area (Å²) in [5, 5.41) is 10.6. The maximum Gasteiger partial charge on any atom is 0.191 e. The zero-order valence-electron chi connectivity index (χ0n) is 16.5. The summed E-state index contributed by atoms with van der Waals surface area (Å²) in [5.41, 5.74) is 2.56. The number of aliphatic imine (C=N–C) groups is 1. The van der Waals surface area contributed by atoms with Crippen molar-refractivity contribution in [1.82, 2.24) is 10.6 Å². The minimum atomic E-state index is 0.476. The van der Waals surface area contributed by atoms with E-state index < -0.39 is 0 Å². The van der Waals surface area contributed by atoms with Gasteiger partial charge in [-0.3, -0.25) is 4.99 Å². The number of nitrogens with zero attached hydrogens (tertiary/aromatic N) is 3. The summed E-state index contributed by atoms with van der Waals surface area (Å²) in [7, 11) is 1.85. The number of hydrogen-bond acceptors (Lipinski definition) is 4. The van der Waals surface area contributed by atoms with Gasteiger partial charge in [-0.2, -0.15) is 0 Å². The van der Waals surface area contributed by atoms with Crippen LogP contribution in [0.3, 0.4) is 0 Å². The van der Waals surface area contributed by atoms with Crippen molar-refractivity contribution in [2.75, 3.05) is 43.0 Å². The van der Waals surface area contributed by atoms with E-state index in [4.69, 9.17) is 0 Å². The molecule has 0 bridgehead atoms. The minimum Gasteiger partial charge on any atom is -0.364 e. The van der Waals surface area contributed by atoms with E-state index in [2.05, 4.69) is 79.4 Å². The monoisotopic (exact) mass is 395 g/mol. The van der Waals surface area contributed by atoms with Gasteiger partial charge in [0.1, 0.15) is 0 Å². The van der Waals surface area contributed by atoms with Gasteiger partial charge < -0.3 is 20.4 Å². The van der Waals surface area contributed by atoms with Gasteiger partial charge in [0.05, 0.1) is 5.00 Å². The van der Waals surface area contributed by atoms with Crippen molar-refractivity contribution >= 4 is 28.0 Å². The lowest BCUT2D eigenvalue weighted by atomic mass is 10.1. The molecule has 0 amide bonds. The summed E-state index contributed by atoms with van der Waals surface area (Å²) in [6.07, 6.45) is 6.72. The Hall–Kier alpha value is -2.47. The van der Waals surface area contributed by atoms with Crippen molar-refractivity contribution in [2.24, 2.45) is 4.99 Å². The molecule has 148 valence electrons. The van der Waals surface area contributed by atoms with Crippen LogP contribution in [-0.2, 0) is 6.54 Å². The number of hydrogen-bond donors (Lipinski definition) is 2. The van der Waals surface area contributed by atoms with Gasteiger partial charge in [-0.15, -0.1) is 11.3 Å². The molecule has 28 heavy (non-hydrogen) atoms. The predicted molar refractivity (Wildman–Crippen MR) is 121 cm³/mol. The molecule has 4 rings (SSSR count). The summed E-state index contributed by atoms with van der Waals surface area (Å²) in [4.78, 5) is 9.29. The fourth-order valence-corrected chi connectivity index (χ4v) is 4.61. The molecule has 1 saturated heterocycles. The number of piperidine rings is 1. The van der Waals surface area contributed by atoms with Crippen LogP contribution in [0.15, 0.2) is 58.9 Å². The molecule has 0 radical (unpaired) electrons. The van der Waals surface area contributed by atoms with Crippen molar-refractivity contribution in [3.05, 3.63) is 59.5 Å². The van der Waals surface area contributed by atoms with Gasteiger partial charge in [-0.25, -0.2) is 0 Å². The van der Waals surface area contributed by atoms with E-state index in [1.165, 1.54) is 16.3 Å². The fraction of sp³-hybridized carbons (Fsp3) is 0.409. The Morgan fingerprint density at radius 3 is 2.64 bits per heavy atom. The number of nitrogens with one attached hydrogen (secondary N) is 2. The Morgan fingerprint density at radius 2 is 1.93 bits per heavy atom. The lowest BCUT2D eigenvalue weighted by Crippen LogP contribution is -2.48.